The molecule has 0 aromatic heterocycles. The van der Waals surface area contributed by atoms with Crippen molar-refractivity contribution < 1.29 is 9.90 Å². The molecule has 0 spiro atoms. The van der Waals surface area contributed by atoms with Gasteiger partial charge in [-0.1, -0.05) is 20.8 Å². The molecule has 0 fully saturated rings. The fraction of sp³-hybridized carbons (Fsp3) is 0.875. The Kier molecular flexibility index (Phi) is 4.03. The highest BCUT2D eigenvalue weighted by Gasteiger charge is 2.18. The van der Waals surface area contributed by atoms with Gasteiger partial charge in [0, 0.05) is 12.6 Å². The quantitative estimate of drug-likeness (QED) is 0.598. The maximum Gasteiger partial charge on any atom is 0.404 e. The Morgan fingerprint density at radius 2 is 2.08 bits per heavy atom. The fourth-order valence-corrected chi connectivity index (χ4v) is 1.11. The lowest BCUT2D eigenvalue weighted by molar-refractivity contribution is 0.185. The summed E-state index contributed by atoms with van der Waals surface area (Å²) in [6.07, 6.45) is -0.245. The highest BCUT2D eigenvalue weighted by Crippen LogP contribution is 2.20. The van der Waals surface area contributed by atoms with Crippen molar-refractivity contribution in [2.24, 2.45) is 11.1 Å². The minimum Gasteiger partial charge on any atom is -0.465 e. The number of carbonyl (C=O) groups is 1. The van der Waals surface area contributed by atoms with E-state index in [1.807, 2.05) is 0 Å². The van der Waals surface area contributed by atoms with E-state index in [9.17, 15) is 4.79 Å². The summed E-state index contributed by atoms with van der Waals surface area (Å²) >= 11 is 0. The van der Waals surface area contributed by atoms with Crippen LogP contribution in [0.25, 0.3) is 0 Å². The molecular weight excluding hydrogens is 156 g/mol. The van der Waals surface area contributed by atoms with Crippen molar-refractivity contribution in [2.45, 2.75) is 33.2 Å². The lowest BCUT2D eigenvalue weighted by Crippen LogP contribution is -2.41. The molecule has 4 heteroatoms. The van der Waals surface area contributed by atoms with Crippen LogP contribution >= 0.6 is 0 Å². The molecule has 0 saturated carbocycles. The van der Waals surface area contributed by atoms with Gasteiger partial charge < -0.3 is 16.2 Å². The van der Waals surface area contributed by atoms with E-state index in [-0.39, 0.29) is 11.5 Å². The van der Waals surface area contributed by atoms with Gasteiger partial charge in [-0.05, 0) is 11.8 Å². The van der Waals surface area contributed by atoms with Gasteiger partial charge in [0.25, 0.3) is 0 Å². The number of hydrogen-bond acceptors (Lipinski definition) is 2. The first-order chi connectivity index (χ1) is 5.35. The van der Waals surface area contributed by atoms with E-state index in [1.54, 1.807) is 0 Å². The van der Waals surface area contributed by atoms with Crippen molar-refractivity contribution in [3.8, 4) is 0 Å². The lowest BCUT2D eigenvalue weighted by Gasteiger charge is -2.24. The Labute approximate surface area is 73.1 Å². The third-order valence-corrected chi connectivity index (χ3v) is 1.47. The zero-order valence-electron chi connectivity index (χ0n) is 7.92. The van der Waals surface area contributed by atoms with E-state index in [0.717, 1.165) is 6.42 Å². The molecule has 0 rings (SSSR count). The van der Waals surface area contributed by atoms with Gasteiger partial charge in [0.2, 0.25) is 0 Å². The summed E-state index contributed by atoms with van der Waals surface area (Å²) < 4.78 is 0. The molecule has 72 valence electrons. The summed E-state index contributed by atoms with van der Waals surface area (Å²) in [5, 5.41) is 10.8. The van der Waals surface area contributed by atoms with Gasteiger partial charge in [-0.3, -0.25) is 0 Å². The van der Waals surface area contributed by atoms with Crippen LogP contribution in [-0.4, -0.2) is 23.8 Å². The molecule has 0 aromatic carbocycles. The average Bonchev–Trinajstić information content (AvgIpc) is 1.82. The van der Waals surface area contributed by atoms with Crippen LogP contribution in [0.3, 0.4) is 0 Å². The SMILES string of the molecule is CC(C)(C)C[C@@H](CN)NC(=O)O. The van der Waals surface area contributed by atoms with E-state index in [0.29, 0.717) is 6.54 Å². The van der Waals surface area contributed by atoms with Crippen LogP contribution < -0.4 is 11.1 Å². The smallest absolute Gasteiger partial charge is 0.404 e. The number of rotatable bonds is 3. The lowest BCUT2D eigenvalue weighted by atomic mass is 9.88. The molecule has 0 radical (unpaired) electrons. The monoisotopic (exact) mass is 174 g/mol. The van der Waals surface area contributed by atoms with Gasteiger partial charge in [-0.2, -0.15) is 0 Å². The third kappa shape index (κ3) is 5.97. The largest absolute Gasteiger partial charge is 0.465 e. The molecule has 1 amide bonds. The molecule has 0 aliphatic rings. The van der Waals surface area contributed by atoms with Crippen molar-refractivity contribution in [1.82, 2.24) is 5.32 Å². The molecule has 0 heterocycles. The van der Waals surface area contributed by atoms with Gasteiger partial charge in [0.05, 0.1) is 0 Å². The molecule has 0 aliphatic carbocycles. The predicted octanol–water partition coefficient (Wildman–Crippen LogP) is 1.02. The minimum absolute atomic E-state index is 0.104. The first kappa shape index (κ1) is 11.2. The number of carboxylic acid groups (broad SMARTS) is 1. The average molecular weight is 174 g/mol. The Balaban J connectivity index is 3.92. The van der Waals surface area contributed by atoms with Gasteiger partial charge in [-0.25, -0.2) is 4.79 Å². The summed E-state index contributed by atoms with van der Waals surface area (Å²) in [5.74, 6) is 0. The van der Waals surface area contributed by atoms with Crippen molar-refractivity contribution in [1.29, 1.82) is 0 Å². The second-order valence-corrected chi connectivity index (χ2v) is 4.15. The second kappa shape index (κ2) is 4.30. The number of nitrogens with one attached hydrogen (secondary N) is 1. The van der Waals surface area contributed by atoms with Crippen molar-refractivity contribution in [3.63, 3.8) is 0 Å². The molecule has 4 N–H and O–H groups in total. The van der Waals surface area contributed by atoms with Crippen LogP contribution in [-0.2, 0) is 0 Å². The third-order valence-electron chi connectivity index (χ3n) is 1.47. The molecule has 0 bridgehead atoms. The van der Waals surface area contributed by atoms with Crippen LogP contribution in [0.5, 0.6) is 0 Å². The summed E-state index contributed by atoms with van der Waals surface area (Å²) in [5.41, 5.74) is 5.51. The Morgan fingerprint density at radius 3 is 2.33 bits per heavy atom. The second-order valence-electron chi connectivity index (χ2n) is 4.15. The number of nitrogens with two attached hydrogens (primary N) is 1. The first-order valence-electron chi connectivity index (χ1n) is 4.04. The van der Waals surface area contributed by atoms with Gasteiger partial charge >= 0.3 is 6.09 Å². The molecule has 0 aliphatic heterocycles. The fourth-order valence-electron chi connectivity index (χ4n) is 1.11. The van der Waals surface area contributed by atoms with Crippen LogP contribution in [0, 0.1) is 5.41 Å². The highest BCUT2D eigenvalue weighted by molar-refractivity contribution is 5.64. The van der Waals surface area contributed by atoms with Crippen LogP contribution in [0.1, 0.15) is 27.2 Å². The van der Waals surface area contributed by atoms with E-state index in [1.165, 1.54) is 0 Å². The molecule has 12 heavy (non-hydrogen) atoms. The zero-order chi connectivity index (χ0) is 9.78. The molecule has 4 nitrogen and oxygen atoms in total. The van der Waals surface area contributed by atoms with E-state index >= 15 is 0 Å². The zero-order valence-corrected chi connectivity index (χ0v) is 7.92. The normalized spacial score (nSPS) is 14.0. The Morgan fingerprint density at radius 1 is 1.58 bits per heavy atom. The molecule has 0 unspecified atom stereocenters. The van der Waals surface area contributed by atoms with Crippen LogP contribution in [0.2, 0.25) is 0 Å². The van der Waals surface area contributed by atoms with Crippen molar-refractivity contribution in [3.05, 3.63) is 0 Å². The van der Waals surface area contributed by atoms with E-state index in [2.05, 4.69) is 26.1 Å². The van der Waals surface area contributed by atoms with Gasteiger partial charge in [0.1, 0.15) is 0 Å². The Bertz CT molecular complexity index is 152. The Hall–Kier alpha value is -0.770. The van der Waals surface area contributed by atoms with Crippen molar-refractivity contribution >= 4 is 6.09 Å². The van der Waals surface area contributed by atoms with Gasteiger partial charge in [0.15, 0.2) is 0 Å². The summed E-state index contributed by atoms with van der Waals surface area (Å²) in [6, 6.07) is -0.137. The van der Waals surface area contributed by atoms with Crippen LogP contribution in [0.15, 0.2) is 0 Å². The summed E-state index contributed by atoms with van der Waals surface area (Å²) in [6.45, 7) is 6.52. The van der Waals surface area contributed by atoms with E-state index < -0.39 is 6.09 Å². The topological polar surface area (TPSA) is 75.3 Å². The number of hydrogen-bond donors (Lipinski definition) is 3. The van der Waals surface area contributed by atoms with Crippen LogP contribution in [0.4, 0.5) is 4.79 Å². The molecule has 0 saturated heterocycles. The number of amides is 1. The maximum absolute atomic E-state index is 10.3. The molecule has 0 aromatic rings. The summed E-state index contributed by atoms with van der Waals surface area (Å²) in [7, 11) is 0. The highest BCUT2D eigenvalue weighted by atomic mass is 16.4. The van der Waals surface area contributed by atoms with Gasteiger partial charge in [-0.15, -0.1) is 0 Å². The molecular formula is C8H18N2O2. The van der Waals surface area contributed by atoms with E-state index in [4.69, 9.17) is 10.8 Å². The first-order valence-corrected chi connectivity index (χ1v) is 4.04. The van der Waals surface area contributed by atoms with Crippen molar-refractivity contribution in [2.75, 3.05) is 6.54 Å². The minimum atomic E-state index is -1.00. The summed E-state index contributed by atoms with van der Waals surface area (Å²) in [4.78, 5) is 10.3. The standard InChI is InChI=1S/C8H18N2O2/c1-8(2,3)4-6(5-9)10-7(11)12/h6,10H,4-5,9H2,1-3H3,(H,11,12)/t6-/m0/s1. The molecule has 1 atom stereocenters. The maximum atomic E-state index is 10.3. The predicted molar refractivity (Wildman–Crippen MR) is 48.1 cm³/mol.